The SMILES string of the molecule is Cc1cc(C#CCN)cc(NC(=O)CCn2cncn2)c1. The van der Waals surface area contributed by atoms with Crippen LogP contribution in [0.25, 0.3) is 0 Å². The summed E-state index contributed by atoms with van der Waals surface area (Å²) in [6.45, 7) is 2.77. The van der Waals surface area contributed by atoms with Gasteiger partial charge in [0.15, 0.2) is 0 Å². The minimum Gasteiger partial charge on any atom is -0.326 e. The van der Waals surface area contributed by atoms with E-state index in [0.717, 1.165) is 16.8 Å². The van der Waals surface area contributed by atoms with E-state index >= 15 is 0 Å². The van der Waals surface area contributed by atoms with E-state index in [4.69, 9.17) is 5.73 Å². The van der Waals surface area contributed by atoms with Crippen molar-refractivity contribution in [2.75, 3.05) is 11.9 Å². The zero-order valence-corrected chi connectivity index (χ0v) is 11.8. The number of aryl methyl sites for hydroxylation is 2. The second-order valence-corrected chi connectivity index (χ2v) is 4.55. The number of hydrogen-bond acceptors (Lipinski definition) is 4. The number of aromatic nitrogens is 3. The van der Waals surface area contributed by atoms with Crippen LogP contribution in [0, 0.1) is 18.8 Å². The van der Waals surface area contributed by atoms with Gasteiger partial charge in [-0.3, -0.25) is 9.48 Å². The number of carbonyl (C=O) groups is 1. The molecule has 1 aromatic carbocycles. The molecule has 2 aromatic rings. The Morgan fingerprint density at radius 3 is 3.00 bits per heavy atom. The van der Waals surface area contributed by atoms with Crippen molar-refractivity contribution in [3.63, 3.8) is 0 Å². The summed E-state index contributed by atoms with van der Waals surface area (Å²) < 4.78 is 1.62. The maximum atomic E-state index is 11.9. The van der Waals surface area contributed by atoms with Crippen LogP contribution in [0.4, 0.5) is 5.69 Å². The van der Waals surface area contributed by atoms with Gasteiger partial charge < -0.3 is 11.1 Å². The molecule has 0 aliphatic heterocycles. The molecule has 6 nitrogen and oxygen atoms in total. The standard InChI is InChI=1S/C15H17N5O/c1-12-7-13(3-2-5-16)9-14(8-12)19-15(21)4-6-20-11-17-10-18-20/h7-11H,4-6,16H2,1H3,(H,19,21). The van der Waals surface area contributed by atoms with Crippen molar-refractivity contribution in [1.82, 2.24) is 14.8 Å². The minimum absolute atomic E-state index is 0.0752. The maximum Gasteiger partial charge on any atom is 0.226 e. The molecule has 0 radical (unpaired) electrons. The molecule has 21 heavy (non-hydrogen) atoms. The molecule has 0 aliphatic rings. The van der Waals surface area contributed by atoms with Crippen LogP contribution in [-0.2, 0) is 11.3 Å². The molecule has 0 bridgehead atoms. The van der Waals surface area contributed by atoms with Crippen LogP contribution in [0.2, 0.25) is 0 Å². The van der Waals surface area contributed by atoms with E-state index in [0.29, 0.717) is 19.5 Å². The number of nitrogens with zero attached hydrogens (tertiary/aromatic N) is 3. The van der Waals surface area contributed by atoms with Crippen LogP contribution < -0.4 is 11.1 Å². The second kappa shape index (κ2) is 7.22. The highest BCUT2D eigenvalue weighted by Crippen LogP contribution is 2.14. The summed E-state index contributed by atoms with van der Waals surface area (Å²) in [5.74, 6) is 5.69. The van der Waals surface area contributed by atoms with Gasteiger partial charge >= 0.3 is 0 Å². The summed E-state index contributed by atoms with van der Waals surface area (Å²) in [6, 6.07) is 5.69. The average molecular weight is 283 g/mol. The van der Waals surface area contributed by atoms with Crippen molar-refractivity contribution < 1.29 is 4.79 Å². The Balaban J connectivity index is 1.98. The highest BCUT2D eigenvalue weighted by molar-refractivity contribution is 5.90. The van der Waals surface area contributed by atoms with Crippen molar-refractivity contribution in [3.8, 4) is 11.8 Å². The lowest BCUT2D eigenvalue weighted by Gasteiger charge is -2.07. The topological polar surface area (TPSA) is 85.8 Å². The lowest BCUT2D eigenvalue weighted by atomic mass is 10.1. The summed E-state index contributed by atoms with van der Waals surface area (Å²) >= 11 is 0. The predicted octanol–water partition coefficient (Wildman–Crippen LogP) is 0.926. The van der Waals surface area contributed by atoms with E-state index < -0.39 is 0 Å². The van der Waals surface area contributed by atoms with Gasteiger partial charge in [0, 0.05) is 17.7 Å². The Morgan fingerprint density at radius 2 is 2.29 bits per heavy atom. The number of benzene rings is 1. The smallest absolute Gasteiger partial charge is 0.226 e. The van der Waals surface area contributed by atoms with Crippen molar-refractivity contribution in [2.45, 2.75) is 19.9 Å². The van der Waals surface area contributed by atoms with E-state index in [1.54, 1.807) is 11.0 Å². The van der Waals surface area contributed by atoms with Gasteiger partial charge in [-0.15, -0.1) is 0 Å². The monoisotopic (exact) mass is 283 g/mol. The molecule has 2 rings (SSSR count). The minimum atomic E-state index is -0.0752. The molecular formula is C15H17N5O. The molecular weight excluding hydrogens is 266 g/mol. The molecule has 0 unspecified atom stereocenters. The first kappa shape index (κ1) is 14.8. The van der Waals surface area contributed by atoms with Crippen LogP contribution in [0.1, 0.15) is 17.5 Å². The lowest BCUT2D eigenvalue weighted by molar-refractivity contribution is -0.116. The van der Waals surface area contributed by atoms with Gasteiger partial charge in [0.05, 0.1) is 13.1 Å². The van der Waals surface area contributed by atoms with Gasteiger partial charge in [-0.1, -0.05) is 11.8 Å². The largest absolute Gasteiger partial charge is 0.326 e. The molecule has 3 N–H and O–H groups in total. The van der Waals surface area contributed by atoms with Crippen molar-refractivity contribution in [1.29, 1.82) is 0 Å². The molecule has 0 saturated carbocycles. The molecule has 0 saturated heterocycles. The van der Waals surface area contributed by atoms with Gasteiger partial charge in [0.2, 0.25) is 5.91 Å². The first-order chi connectivity index (χ1) is 10.2. The third-order valence-corrected chi connectivity index (χ3v) is 2.73. The summed E-state index contributed by atoms with van der Waals surface area (Å²) in [5.41, 5.74) is 7.97. The third kappa shape index (κ3) is 4.75. The van der Waals surface area contributed by atoms with Gasteiger partial charge in [-0.05, 0) is 30.7 Å². The zero-order valence-electron chi connectivity index (χ0n) is 11.8. The fraction of sp³-hybridized carbons (Fsp3) is 0.267. The number of rotatable bonds is 4. The normalized spacial score (nSPS) is 9.81. The Kier molecular flexibility index (Phi) is 5.07. The maximum absolute atomic E-state index is 11.9. The highest BCUT2D eigenvalue weighted by atomic mass is 16.1. The quantitative estimate of drug-likeness (QED) is 0.817. The van der Waals surface area contributed by atoms with Crippen molar-refractivity contribution in [2.24, 2.45) is 5.73 Å². The number of carbonyl (C=O) groups excluding carboxylic acids is 1. The number of anilines is 1. The molecule has 0 spiro atoms. The molecule has 0 atom stereocenters. The molecule has 6 heteroatoms. The molecule has 1 amide bonds. The van der Waals surface area contributed by atoms with Gasteiger partial charge in [-0.25, -0.2) is 4.98 Å². The van der Waals surface area contributed by atoms with Crippen LogP contribution in [-0.4, -0.2) is 27.2 Å². The van der Waals surface area contributed by atoms with Gasteiger partial charge in [0.1, 0.15) is 12.7 Å². The van der Waals surface area contributed by atoms with Crippen LogP contribution in [0.5, 0.6) is 0 Å². The van der Waals surface area contributed by atoms with Gasteiger partial charge in [-0.2, -0.15) is 5.10 Å². The van der Waals surface area contributed by atoms with E-state index in [9.17, 15) is 4.79 Å². The summed E-state index contributed by atoms with van der Waals surface area (Å²) in [4.78, 5) is 15.7. The van der Waals surface area contributed by atoms with Crippen molar-refractivity contribution >= 4 is 11.6 Å². The highest BCUT2D eigenvalue weighted by Gasteiger charge is 2.04. The molecule has 0 fully saturated rings. The summed E-state index contributed by atoms with van der Waals surface area (Å²) in [5, 5.41) is 6.82. The first-order valence-electron chi connectivity index (χ1n) is 6.60. The fourth-order valence-corrected chi connectivity index (χ4v) is 1.87. The number of amides is 1. The molecule has 1 heterocycles. The molecule has 1 aromatic heterocycles. The first-order valence-corrected chi connectivity index (χ1v) is 6.60. The van der Waals surface area contributed by atoms with E-state index in [1.807, 2.05) is 25.1 Å². The van der Waals surface area contributed by atoms with Crippen LogP contribution in [0.3, 0.4) is 0 Å². The Labute approximate surface area is 123 Å². The fourth-order valence-electron chi connectivity index (χ4n) is 1.87. The zero-order chi connectivity index (χ0) is 15.1. The molecule has 108 valence electrons. The summed E-state index contributed by atoms with van der Waals surface area (Å²) in [6.07, 6.45) is 3.36. The Bertz CT molecular complexity index is 667. The number of nitrogens with two attached hydrogens (primary N) is 1. The van der Waals surface area contributed by atoms with Crippen molar-refractivity contribution in [3.05, 3.63) is 42.0 Å². The van der Waals surface area contributed by atoms with Gasteiger partial charge in [0.25, 0.3) is 0 Å². The lowest BCUT2D eigenvalue weighted by Crippen LogP contribution is -2.14. The average Bonchev–Trinajstić information content (AvgIpc) is 2.95. The number of nitrogens with one attached hydrogen (secondary N) is 1. The third-order valence-electron chi connectivity index (χ3n) is 2.73. The Hall–Kier alpha value is -2.65. The summed E-state index contributed by atoms with van der Waals surface area (Å²) in [7, 11) is 0. The van der Waals surface area contributed by atoms with E-state index in [1.165, 1.54) is 6.33 Å². The predicted molar refractivity (Wildman–Crippen MR) is 80.4 cm³/mol. The Morgan fingerprint density at radius 1 is 1.43 bits per heavy atom. The number of hydrogen-bond donors (Lipinski definition) is 2. The second-order valence-electron chi connectivity index (χ2n) is 4.55. The van der Waals surface area contributed by atoms with E-state index in [-0.39, 0.29) is 5.91 Å². The van der Waals surface area contributed by atoms with E-state index in [2.05, 4.69) is 27.2 Å². The molecule has 0 aliphatic carbocycles. The van der Waals surface area contributed by atoms with Crippen LogP contribution >= 0.6 is 0 Å². The van der Waals surface area contributed by atoms with Crippen LogP contribution in [0.15, 0.2) is 30.9 Å².